The highest BCUT2D eigenvalue weighted by molar-refractivity contribution is 14.0. The van der Waals surface area contributed by atoms with Gasteiger partial charge in [-0.05, 0) is 49.8 Å². The third-order valence-electron chi connectivity index (χ3n) is 5.14. The molecule has 28 heavy (non-hydrogen) atoms. The van der Waals surface area contributed by atoms with Crippen LogP contribution in [0, 0.1) is 0 Å². The van der Waals surface area contributed by atoms with Crippen LogP contribution >= 0.6 is 24.0 Å². The molecule has 0 saturated heterocycles. The van der Waals surface area contributed by atoms with Crippen LogP contribution in [0.25, 0.3) is 0 Å². The normalized spacial score (nSPS) is 16.5. The van der Waals surface area contributed by atoms with Gasteiger partial charge in [-0.25, -0.2) is 0 Å². The van der Waals surface area contributed by atoms with Crippen LogP contribution in [0.2, 0.25) is 0 Å². The van der Waals surface area contributed by atoms with Crippen molar-refractivity contribution in [2.24, 2.45) is 4.99 Å². The molecule has 1 saturated carbocycles. The van der Waals surface area contributed by atoms with Gasteiger partial charge in [-0.2, -0.15) is 0 Å². The summed E-state index contributed by atoms with van der Waals surface area (Å²) in [7, 11) is 1.80. The Bertz CT molecular complexity index is 607. The van der Waals surface area contributed by atoms with Gasteiger partial charge >= 0.3 is 0 Å². The summed E-state index contributed by atoms with van der Waals surface area (Å²) >= 11 is 0. The predicted octanol–water partition coefficient (Wildman–Crippen LogP) is 4.22. The molecule has 2 aliphatic rings. The zero-order chi connectivity index (χ0) is 18.7. The number of hydrogen-bond donors (Lipinski definition) is 2. The van der Waals surface area contributed by atoms with Crippen molar-refractivity contribution in [3.8, 4) is 11.5 Å². The van der Waals surface area contributed by atoms with Crippen LogP contribution in [0.15, 0.2) is 23.2 Å². The van der Waals surface area contributed by atoms with Crippen LogP contribution < -0.4 is 20.1 Å². The van der Waals surface area contributed by atoms with E-state index in [4.69, 9.17) is 14.2 Å². The van der Waals surface area contributed by atoms with Gasteiger partial charge in [0.2, 0.25) is 6.79 Å². The first kappa shape index (κ1) is 23.1. The molecule has 1 aromatic rings. The fourth-order valence-corrected chi connectivity index (χ4v) is 3.55. The second-order valence-corrected chi connectivity index (χ2v) is 7.23. The van der Waals surface area contributed by atoms with Crippen molar-refractivity contribution in [3.05, 3.63) is 23.8 Å². The molecule has 0 amide bonds. The fraction of sp³-hybridized carbons (Fsp3) is 0.667. The molecule has 2 N–H and O–H groups in total. The van der Waals surface area contributed by atoms with E-state index in [1.165, 1.54) is 38.5 Å². The highest BCUT2D eigenvalue weighted by Crippen LogP contribution is 2.32. The van der Waals surface area contributed by atoms with Gasteiger partial charge in [-0.3, -0.25) is 4.99 Å². The molecule has 0 spiro atoms. The number of halogens is 1. The second-order valence-electron chi connectivity index (χ2n) is 7.23. The average Bonchev–Trinajstić information content (AvgIpc) is 3.18. The van der Waals surface area contributed by atoms with Crippen LogP contribution in [0.3, 0.4) is 0 Å². The Labute approximate surface area is 185 Å². The van der Waals surface area contributed by atoms with Crippen molar-refractivity contribution >= 4 is 29.9 Å². The fourth-order valence-electron chi connectivity index (χ4n) is 3.55. The van der Waals surface area contributed by atoms with Crippen LogP contribution in [0.5, 0.6) is 11.5 Å². The maximum Gasteiger partial charge on any atom is 0.231 e. The lowest BCUT2D eigenvalue weighted by molar-refractivity contribution is 0.0264. The van der Waals surface area contributed by atoms with E-state index in [0.717, 1.165) is 49.0 Å². The number of nitrogens with one attached hydrogen (secondary N) is 2. The summed E-state index contributed by atoms with van der Waals surface area (Å²) in [4.78, 5) is 4.28. The number of fused-ring (bicyclic) bond motifs is 1. The van der Waals surface area contributed by atoms with Gasteiger partial charge in [0.1, 0.15) is 0 Å². The van der Waals surface area contributed by atoms with Crippen molar-refractivity contribution in [2.45, 2.75) is 64.0 Å². The molecule has 0 bridgehead atoms. The predicted molar refractivity (Wildman–Crippen MR) is 123 cm³/mol. The standard InChI is InChI=1S/C21H33N3O3.HI/c1-22-21(24-15-17-10-11-19-20(14-17)27-16-26-19)23-12-6-3-7-13-25-18-8-4-2-5-9-18;/h10-11,14,18H,2-9,12-13,15-16H2,1H3,(H2,22,23,24);1H. The monoisotopic (exact) mass is 503 g/mol. The Balaban J connectivity index is 0.00000280. The Hall–Kier alpha value is -1.22. The Kier molecular flexibility index (Phi) is 10.8. The molecule has 1 aliphatic heterocycles. The number of nitrogens with zero attached hydrogens (tertiary/aromatic N) is 1. The van der Waals surface area contributed by atoms with Gasteiger partial charge in [-0.15, -0.1) is 24.0 Å². The number of unbranched alkanes of at least 4 members (excludes halogenated alkanes) is 2. The Morgan fingerprint density at radius 1 is 1.07 bits per heavy atom. The van der Waals surface area contributed by atoms with E-state index in [0.29, 0.717) is 19.4 Å². The molecule has 1 heterocycles. The first-order valence-electron chi connectivity index (χ1n) is 10.3. The maximum absolute atomic E-state index is 5.98. The lowest BCUT2D eigenvalue weighted by Crippen LogP contribution is -2.37. The molecule has 0 unspecified atom stereocenters. The van der Waals surface area contributed by atoms with Gasteiger partial charge in [-0.1, -0.05) is 25.3 Å². The number of guanidine groups is 1. The minimum absolute atomic E-state index is 0. The van der Waals surface area contributed by atoms with E-state index < -0.39 is 0 Å². The lowest BCUT2D eigenvalue weighted by atomic mass is 9.98. The number of benzene rings is 1. The number of ether oxygens (including phenoxy) is 3. The summed E-state index contributed by atoms with van der Waals surface area (Å²) in [5.41, 5.74) is 1.14. The summed E-state index contributed by atoms with van der Waals surface area (Å²) in [6.45, 7) is 2.83. The third-order valence-corrected chi connectivity index (χ3v) is 5.14. The van der Waals surface area contributed by atoms with E-state index in [9.17, 15) is 0 Å². The summed E-state index contributed by atoms with van der Waals surface area (Å²) < 4.78 is 16.7. The molecule has 0 aromatic heterocycles. The number of hydrogen-bond acceptors (Lipinski definition) is 4. The minimum Gasteiger partial charge on any atom is -0.454 e. The highest BCUT2D eigenvalue weighted by Gasteiger charge is 2.14. The molecule has 0 atom stereocenters. The van der Waals surface area contributed by atoms with Gasteiger partial charge in [0.05, 0.1) is 6.10 Å². The largest absolute Gasteiger partial charge is 0.454 e. The van der Waals surface area contributed by atoms with E-state index in [-0.39, 0.29) is 24.0 Å². The van der Waals surface area contributed by atoms with Crippen LogP contribution in [-0.4, -0.2) is 39.1 Å². The lowest BCUT2D eigenvalue weighted by Gasteiger charge is -2.21. The van der Waals surface area contributed by atoms with Crippen molar-refractivity contribution in [2.75, 3.05) is 27.0 Å². The van der Waals surface area contributed by atoms with E-state index in [1.807, 2.05) is 18.2 Å². The number of rotatable bonds is 9. The van der Waals surface area contributed by atoms with Gasteiger partial charge in [0, 0.05) is 26.7 Å². The maximum atomic E-state index is 5.98. The summed E-state index contributed by atoms with van der Waals surface area (Å²) in [5.74, 6) is 2.45. The smallest absolute Gasteiger partial charge is 0.231 e. The van der Waals surface area contributed by atoms with Crippen molar-refractivity contribution in [1.29, 1.82) is 0 Å². The van der Waals surface area contributed by atoms with Gasteiger partial charge < -0.3 is 24.8 Å². The number of aliphatic imine (C=N–C) groups is 1. The zero-order valence-corrected chi connectivity index (χ0v) is 19.2. The average molecular weight is 503 g/mol. The topological polar surface area (TPSA) is 64.1 Å². The molecule has 1 aliphatic carbocycles. The quantitative estimate of drug-likeness (QED) is 0.229. The van der Waals surface area contributed by atoms with Gasteiger partial charge in [0.25, 0.3) is 0 Å². The summed E-state index contributed by atoms with van der Waals surface area (Å²) in [6, 6.07) is 6.00. The van der Waals surface area contributed by atoms with E-state index in [1.54, 1.807) is 7.05 Å². The van der Waals surface area contributed by atoms with E-state index >= 15 is 0 Å². The molecule has 1 aromatic carbocycles. The molecular formula is C21H34IN3O3. The van der Waals surface area contributed by atoms with Crippen molar-refractivity contribution < 1.29 is 14.2 Å². The molecular weight excluding hydrogens is 469 g/mol. The van der Waals surface area contributed by atoms with Crippen LogP contribution in [0.1, 0.15) is 56.9 Å². The van der Waals surface area contributed by atoms with Crippen molar-refractivity contribution in [3.63, 3.8) is 0 Å². The molecule has 6 nitrogen and oxygen atoms in total. The van der Waals surface area contributed by atoms with Crippen LogP contribution in [0.4, 0.5) is 0 Å². The molecule has 1 fully saturated rings. The Morgan fingerprint density at radius 3 is 2.71 bits per heavy atom. The van der Waals surface area contributed by atoms with Gasteiger partial charge in [0.15, 0.2) is 17.5 Å². The molecule has 0 radical (unpaired) electrons. The van der Waals surface area contributed by atoms with Crippen LogP contribution in [-0.2, 0) is 11.3 Å². The first-order chi connectivity index (χ1) is 13.3. The highest BCUT2D eigenvalue weighted by atomic mass is 127. The molecule has 158 valence electrons. The molecule has 3 rings (SSSR count). The second kappa shape index (κ2) is 13.1. The third kappa shape index (κ3) is 7.66. The zero-order valence-electron chi connectivity index (χ0n) is 16.9. The van der Waals surface area contributed by atoms with E-state index in [2.05, 4.69) is 15.6 Å². The minimum atomic E-state index is 0. The summed E-state index contributed by atoms with van der Waals surface area (Å²) in [6.07, 6.45) is 10.5. The Morgan fingerprint density at radius 2 is 1.89 bits per heavy atom. The molecule has 7 heteroatoms. The first-order valence-corrected chi connectivity index (χ1v) is 10.3. The van der Waals surface area contributed by atoms with Crippen molar-refractivity contribution in [1.82, 2.24) is 10.6 Å². The summed E-state index contributed by atoms with van der Waals surface area (Å²) in [5, 5.41) is 6.71. The SMILES string of the molecule is CN=C(NCCCCCOC1CCCCC1)NCc1ccc2c(c1)OCO2.I.